The Morgan fingerprint density at radius 3 is 2.00 bits per heavy atom. The first kappa shape index (κ1) is 16.8. The van der Waals surface area contributed by atoms with Gasteiger partial charge in [0.1, 0.15) is 0 Å². The molecule has 13 heteroatoms. The Labute approximate surface area is 91.4 Å². The standard InChI is InChI=1S/C3H4N2.HN3O2S.H2O4S/c1-2-5-3-4-1;1-2-3-6(4)5;1-5(2,3)4/h1-3H,(H,4,5);6H;(H2,1,2,3,4). The number of H-pyrrole nitrogens is 1. The second kappa shape index (κ2) is 9.88. The molecule has 1 rings (SSSR count). The van der Waals surface area contributed by atoms with Crippen molar-refractivity contribution in [1.82, 2.24) is 9.97 Å². The van der Waals surface area contributed by atoms with E-state index in [1.54, 1.807) is 18.7 Å². The van der Waals surface area contributed by atoms with Crippen LogP contribution in [0.2, 0.25) is 0 Å². The molecule has 92 valence electrons. The van der Waals surface area contributed by atoms with Crippen molar-refractivity contribution < 1.29 is 25.9 Å². The van der Waals surface area contributed by atoms with E-state index in [-0.39, 0.29) is 0 Å². The minimum Gasteiger partial charge on any atom is -0.351 e. The average molecular weight is 273 g/mol. The maximum Gasteiger partial charge on any atom is 0.394 e. The quantitative estimate of drug-likeness (QED) is 0.176. The molecule has 0 aliphatic rings. The van der Waals surface area contributed by atoms with Crippen LogP contribution in [-0.4, -0.2) is 35.9 Å². The number of hydrogen-bond donors (Lipinski definition) is 4. The largest absolute Gasteiger partial charge is 0.394 e. The van der Waals surface area contributed by atoms with Gasteiger partial charge in [-0.2, -0.15) is 8.42 Å². The van der Waals surface area contributed by atoms with E-state index >= 15 is 0 Å². The molecule has 3 N–H and O–H groups in total. The van der Waals surface area contributed by atoms with Gasteiger partial charge in [-0.25, -0.2) is 13.4 Å². The molecule has 0 saturated carbocycles. The molecule has 0 atom stereocenters. The number of rotatable bonds is 1. The van der Waals surface area contributed by atoms with Crippen molar-refractivity contribution >= 4 is 21.3 Å². The van der Waals surface area contributed by atoms with Crippen LogP contribution in [0.3, 0.4) is 0 Å². The number of nitrogens with zero attached hydrogens (tertiary/aromatic N) is 4. The highest BCUT2D eigenvalue weighted by atomic mass is 32.3. The van der Waals surface area contributed by atoms with Gasteiger partial charge in [-0.15, -0.1) is 0 Å². The summed E-state index contributed by atoms with van der Waals surface area (Å²) in [6.45, 7) is 0. The Hall–Kier alpha value is -1.66. The zero-order valence-electron chi connectivity index (χ0n) is 7.40. The summed E-state index contributed by atoms with van der Waals surface area (Å²) in [6, 6.07) is 0. The molecule has 0 radical (unpaired) electrons. The zero-order chi connectivity index (χ0) is 13.0. The molecular weight excluding hydrogens is 266 g/mol. The molecule has 0 fully saturated rings. The summed E-state index contributed by atoms with van der Waals surface area (Å²) in [5, 5.41) is 0. The van der Waals surface area contributed by atoms with Crippen molar-refractivity contribution in [3.05, 3.63) is 29.2 Å². The van der Waals surface area contributed by atoms with Gasteiger partial charge in [0.05, 0.1) is 6.33 Å². The first-order chi connectivity index (χ1) is 7.27. The molecule has 0 unspecified atom stereocenters. The van der Waals surface area contributed by atoms with Gasteiger partial charge in [0, 0.05) is 21.8 Å². The summed E-state index contributed by atoms with van der Waals surface area (Å²) in [4.78, 5) is 8.38. The highest BCUT2D eigenvalue weighted by molar-refractivity contribution is 7.79. The fraction of sp³-hybridized carbons (Fsp3) is 0. The third-order valence-corrected chi connectivity index (χ3v) is 0.745. The second-order valence-electron chi connectivity index (χ2n) is 1.63. The van der Waals surface area contributed by atoms with Crippen LogP contribution < -0.4 is 0 Å². The van der Waals surface area contributed by atoms with E-state index in [1.165, 1.54) is 0 Å². The molecule has 11 nitrogen and oxygen atoms in total. The lowest BCUT2D eigenvalue weighted by molar-refractivity contribution is 0.381. The lowest BCUT2D eigenvalue weighted by Crippen LogP contribution is -1.89. The lowest BCUT2D eigenvalue weighted by Gasteiger charge is -1.68. The Balaban J connectivity index is 0. The summed E-state index contributed by atoms with van der Waals surface area (Å²) in [5.74, 6) is 0. The smallest absolute Gasteiger partial charge is 0.351 e. The Morgan fingerprint density at radius 1 is 1.44 bits per heavy atom. The number of azide groups is 1. The number of thiol groups is 1. The molecule has 16 heavy (non-hydrogen) atoms. The maximum atomic E-state index is 9.22. The van der Waals surface area contributed by atoms with Crippen LogP contribution >= 0.6 is 0 Å². The molecule has 0 saturated heterocycles. The summed E-state index contributed by atoms with van der Waals surface area (Å²) < 4.78 is 52.3. The highest BCUT2D eigenvalue weighted by Crippen LogP contribution is 1.63. The Bertz CT molecular complexity index is 437. The first-order valence-electron chi connectivity index (χ1n) is 3.09. The van der Waals surface area contributed by atoms with E-state index < -0.39 is 21.3 Å². The van der Waals surface area contributed by atoms with Crippen LogP contribution in [0.4, 0.5) is 0 Å². The van der Waals surface area contributed by atoms with Gasteiger partial charge >= 0.3 is 10.4 Å². The normalized spacial score (nSPS) is 8.94. The number of aromatic amines is 1. The first-order valence-corrected chi connectivity index (χ1v) is 5.62. The van der Waals surface area contributed by atoms with E-state index in [2.05, 4.69) is 14.5 Å². The second-order valence-corrected chi connectivity index (χ2v) is 3.18. The van der Waals surface area contributed by atoms with Crippen LogP contribution in [0.25, 0.3) is 10.4 Å². The van der Waals surface area contributed by atoms with Gasteiger partial charge in [-0.1, -0.05) is 0 Å². The molecule has 0 aliphatic carbocycles. The maximum absolute atomic E-state index is 9.22. The molecule has 1 aromatic rings. The van der Waals surface area contributed by atoms with Gasteiger partial charge < -0.3 is 4.98 Å². The van der Waals surface area contributed by atoms with Gasteiger partial charge in [0.15, 0.2) is 0 Å². The predicted octanol–water partition coefficient (Wildman–Crippen LogP) is -0.420. The molecule has 0 bridgehead atoms. The Morgan fingerprint density at radius 2 is 1.94 bits per heavy atom. The fourth-order valence-corrected chi connectivity index (χ4v) is 0.313. The van der Waals surface area contributed by atoms with Crippen LogP contribution in [-0.2, 0) is 21.3 Å². The number of aromatic nitrogens is 2. The molecule has 0 aromatic carbocycles. The lowest BCUT2D eigenvalue weighted by atomic mass is 11.0. The van der Waals surface area contributed by atoms with Crippen LogP contribution in [0.15, 0.2) is 23.2 Å². The van der Waals surface area contributed by atoms with Crippen molar-refractivity contribution in [2.75, 3.05) is 0 Å². The van der Waals surface area contributed by atoms with E-state index in [4.69, 9.17) is 23.1 Å². The van der Waals surface area contributed by atoms with Crippen molar-refractivity contribution in [2.24, 2.45) is 4.52 Å². The minimum atomic E-state index is -4.67. The third-order valence-electron chi connectivity index (χ3n) is 0.519. The molecule has 0 spiro atoms. The van der Waals surface area contributed by atoms with E-state index in [9.17, 15) is 8.42 Å². The van der Waals surface area contributed by atoms with Gasteiger partial charge in [-0.05, 0) is 5.53 Å². The van der Waals surface area contributed by atoms with Gasteiger partial charge in [0.2, 0.25) is 10.9 Å². The molecular formula is C3H7N5O6S2. The topological polar surface area (TPSA) is 186 Å². The average Bonchev–Trinajstić information content (AvgIpc) is 2.55. The molecule has 1 aromatic heterocycles. The molecule has 0 amide bonds. The highest BCUT2D eigenvalue weighted by Gasteiger charge is 1.84. The fourth-order valence-electron chi connectivity index (χ4n) is 0.248. The van der Waals surface area contributed by atoms with E-state index in [0.717, 1.165) is 0 Å². The SMILES string of the molecule is O=S(=O)(O)O.[N-]=[N+]=N[SH](=O)=O.c1c[nH]cn1. The number of nitrogens with one attached hydrogen (secondary N) is 1. The van der Waals surface area contributed by atoms with Crippen molar-refractivity contribution in [3.8, 4) is 0 Å². The summed E-state index contributed by atoms with van der Waals surface area (Å²) in [7, 11) is -7.56. The van der Waals surface area contributed by atoms with Gasteiger partial charge in [0.25, 0.3) is 0 Å². The van der Waals surface area contributed by atoms with Crippen LogP contribution in [0.1, 0.15) is 0 Å². The molecule has 0 aliphatic heterocycles. The van der Waals surface area contributed by atoms with Crippen LogP contribution in [0, 0.1) is 0 Å². The predicted molar refractivity (Wildman–Crippen MR) is 52.2 cm³/mol. The van der Waals surface area contributed by atoms with Crippen molar-refractivity contribution in [2.45, 2.75) is 0 Å². The third kappa shape index (κ3) is 39.5. The number of imidazole rings is 1. The number of hydrogen-bond acceptors (Lipinski definition) is 5. The van der Waals surface area contributed by atoms with E-state index in [1.807, 2.05) is 4.91 Å². The zero-order valence-corrected chi connectivity index (χ0v) is 9.11. The minimum absolute atomic E-state index is 1.62. The summed E-state index contributed by atoms with van der Waals surface area (Å²) >= 11 is 0. The summed E-state index contributed by atoms with van der Waals surface area (Å²) in [5.41, 5.74) is 7.31. The van der Waals surface area contributed by atoms with Gasteiger partial charge in [-0.3, -0.25) is 9.11 Å². The Kier molecular flexibility index (Phi) is 10.3. The molecule has 1 heterocycles. The van der Waals surface area contributed by atoms with Crippen molar-refractivity contribution in [3.63, 3.8) is 0 Å². The van der Waals surface area contributed by atoms with Crippen LogP contribution in [0.5, 0.6) is 0 Å². The monoisotopic (exact) mass is 273 g/mol. The van der Waals surface area contributed by atoms with Crippen molar-refractivity contribution in [1.29, 1.82) is 0 Å². The summed E-state index contributed by atoms with van der Waals surface area (Å²) in [6.07, 6.45) is 5.08. The van der Waals surface area contributed by atoms with E-state index in [0.29, 0.717) is 0 Å².